The van der Waals surface area contributed by atoms with Crippen molar-refractivity contribution >= 4 is 0 Å². The highest BCUT2D eigenvalue weighted by Gasteiger charge is 2.24. The highest BCUT2D eigenvalue weighted by atomic mass is 19.2. The molecule has 0 saturated carbocycles. The molecular formula is C16H21F2N3. The van der Waals surface area contributed by atoms with E-state index in [0.717, 1.165) is 12.6 Å². The molecule has 0 spiro atoms. The quantitative estimate of drug-likeness (QED) is 0.916. The topological polar surface area (TPSA) is 29.9 Å². The molecule has 0 aliphatic rings. The predicted molar refractivity (Wildman–Crippen MR) is 78.7 cm³/mol. The first-order valence-corrected chi connectivity index (χ1v) is 7.00. The average Bonchev–Trinajstić information content (AvgIpc) is 2.90. The zero-order chi connectivity index (χ0) is 15.5. The molecule has 0 bridgehead atoms. The van der Waals surface area contributed by atoms with Crippen LogP contribution in [0.5, 0.6) is 0 Å². The Labute approximate surface area is 124 Å². The maximum atomic E-state index is 13.7. The van der Waals surface area contributed by atoms with Crippen LogP contribution in [0.25, 0.3) is 0 Å². The summed E-state index contributed by atoms with van der Waals surface area (Å²) in [6.07, 6.45) is 5.37. The van der Waals surface area contributed by atoms with Crippen molar-refractivity contribution in [1.82, 2.24) is 14.9 Å². The lowest BCUT2D eigenvalue weighted by Gasteiger charge is -2.32. The summed E-state index contributed by atoms with van der Waals surface area (Å²) in [5.41, 5.74) is 0.323. The zero-order valence-electron chi connectivity index (χ0n) is 12.6. The van der Waals surface area contributed by atoms with Crippen molar-refractivity contribution < 1.29 is 8.78 Å². The molecule has 1 aromatic carbocycles. The lowest BCUT2D eigenvalue weighted by molar-refractivity contribution is 0.239. The van der Waals surface area contributed by atoms with Gasteiger partial charge in [0.2, 0.25) is 0 Å². The van der Waals surface area contributed by atoms with Gasteiger partial charge in [-0.25, -0.2) is 13.8 Å². The van der Waals surface area contributed by atoms with Gasteiger partial charge < -0.3 is 9.88 Å². The maximum Gasteiger partial charge on any atom is 0.163 e. The minimum Gasteiger partial charge on any atom is -0.336 e. The van der Waals surface area contributed by atoms with Gasteiger partial charge >= 0.3 is 0 Å². The van der Waals surface area contributed by atoms with Gasteiger partial charge in [0.25, 0.3) is 0 Å². The zero-order valence-corrected chi connectivity index (χ0v) is 12.6. The summed E-state index contributed by atoms with van der Waals surface area (Å²) < 4.78 is 28.9. The molecule has 1 atom stereocenters. The van der Waals surface area contributed by atoms with Crippen LogP contribution >= 0.6 is 0 Å². The molecule has 5 heteroatoms. The number of imidazole rings is 1. The monoisotopic (exact) mass is 293 g/mol. The fourth-order valence-electron chi connectivity index (χ4n) is 2.17. The van der Waals surface area contributed by atoms with E-state index in [1.54, 1.807) is 18.6 Å². The van der Waals surface area contributed by atoms with Gasteiger partial charge in [-0.05, 0) is 11.5 Å². The molecule has 2 aromatic rings. The molecule has 0 saturated heterocycles. The number of nitrogens with one attached hydrogen (secondary N) is 1. The van der Waals surface area contributed by atoms with Gasteiger partial charge in [0.1, 0.15) is 0 Å². The van der Waals surface area contributed by atoms with Crippen LogP contribution in [0.15, 0.2) is 36.9 Å². The Morgan fingerprint density at radius 1 is 1.29 bits per heavy atom. The first-order valence-electron chi connectivity index (χ1n) is 7.00. The molecule has 1 heterocycles. The van der Waals surface area contributed by atoms with Crippen molar-refractivity contribution in [2.75, 3.05) is 0 Å². The van der Waals surface area contributed by atoms with E-state index in [2.05, 4.69) is 31.1 Å². The van der Waals surface area contributed by atoms with Crippen molar-refractivity contribution in [3.05, 3.63) is 54.1 Å². The summed E-state index contributed by atoms with van der Waals surface area (Å²) >= 11 is 0. The van der Waals surface area contributed by atoms with Crippen LogP contribution in [0, 0.1) is 17.0 Å². The Hall–Kier alpha value is -1.75. The lowest BCUT2D eigenvalue weighted by atomic mass is 9.86. The number of halogens is 2. The van der Waals surface area contributed by atoms with Crippen molar-refractivity contribution in [2.45, 2.75) is 39.9 Å². The smallest absolute Gasteiger partial charge is 0.163 e. The fourth-order valence-corrected chi connectivity index (χ4v) is 2.17. The molecule has 2 rings (SSSR count). The molecule has 1 N–H and O–H groups in total. The fraction of sp³-hybridized carbons (Fsp3) is 0.438. The minimum absolute atomic E-state index is 0.0198. The minimum atomic E-state index is -0.809. The molecule has 1 unspecified atom stereocenters. The molecule has 3 nitrogen and oxygen atoms in total. The number of benzene rings is 1. The third-order valence-electron chi connectivity index (χ3n) is 3.57. The average molecular weight is 293 g/mol. The summed E-state index contributed by atoms with van der Waals surface area (Å²) in [6.45, 7) is 7.36. The van der Waals surface area contributed by atoms with E-state index in [1.165, 1.54) is 6.07 Å². The Kier molecular flexibility index (Phi) is 4.73. The van der Waals surface area contributed by atoms with Gasteiger partial charge in [-0.15, -0.1) is 0 Å². The number of aromatic nitrogens is 2. The normalized spacial score (nSPS) is 13.4. The number of nitrogens with zero attached hydrogens (tertiary/aromatic N) is 2. The van der Waals surface area contributed by atoms with E-state index in [9.17, 15) is 8.78 Å². The van der Waals surface area contributed by atoms with E-state index in [0.29, 0.717) is 12.1 Å². The number of rotatable bonds is 5. The molecule has 0 radical (unpaired) electrons. The van der Waals surface area contributed by atoms with Gasteiger partial charge in [0.05, 0.1) is 6.33 Å². The van der Waals surface area contributed by atoms with Gasteiger partial charge in [-0.2, -0.15) is 0 Å². The summed E-state index contributed by atoms with van der Waals surface area (Å²) in [6, 6.07) is 4.36. The Morgan fingerprint density at radius 3 is 2.67 bits per heavy atom. The van der Waals surface area contributed by atoms with Crippen molar-refractivity contribution in [3.8, 4) is 0 Å². The second-order valence-electron chi connectivity index (χ2n) is 6.27. The van der Waals surface area contributed by atoms with E-state index >= 15 is 0 Å². The largest absolute Gasteiger partial charge is 0.336 e. The van der Waals surface area contributed by atoms with E-state index in [1.807, 2.05) is 10.8 Å². The van der Waals surface area contributed by atoms with Crippen LogP contribution in [-0.2, 0) is 13.1 Å². The molecule has 21 heavy (non-hydrogen) atoms. The lowest BCUT2D eigenvalue weighted by Crippen LogP contribution is -2.43. The molecule has 0 aliphatic heterocycles. The maximum absolute atomic E-state index is 13.7. The van der Waals surface area contributed by atoms with Crippen LogP contribution in [0.2, 0.25) is 0 Å². The number of hydrogen-bond donors (Lipinski definition) is 1. The van der Waals surface area contributed by atoms with Gasteiger partial charge in [-0.3, -0.25) is 0 Å². The van der Waals surface area contributed by atoms with Crippen LogP contribution in [0.4, 0.5) is 8.78 Å². The second-order valence-corrected chi connectivity index (χ2v) is 6.27. The van der Waals surface area contributed by atoms with Gasteiger partial charge in [0.15, 0.2) is 11.6 Å². The molecule has 0 aliphatic carbocycles. The number of hydrogen-bond acceptors (Lipinski definition) is 2. The highest BCUT2D eigenvalue weighted by molar-refractivity contribution is 5.18. The molecule has 114 valence electrons. The summed E-state index contributed by atoms with van der Waals surface area (Å²) in [7, 11) is 0. The van der Waals surface area contributed by atoms with Crippen molar-refractivity contribution in [3.63, 3.8) is 0 Å². The SMILES string of the molecule is CC(C)(C)C(Cn1ccnc1)NCc1cccc(F)c1F. The Balaban J connectivity index is 2.07. The third kappa shape index (κ3) is 4.11. The standard InChI is InChI=1S/C16H21F2N3/c1-16(2,3)14(10-21-8-7-19-11-21)20-9-12-5-4-6-13(17)15(12)18/h4-8,11,14,20H,9-10H2,1-3H3. The first-order chi connectivity index (χ1) is 9.88. The summed E-state index contributed by atoms with van der Waals surface area (Å²) in [4.78, 5) is 4.03. The summed E-state index contributed by atoms with van der Waals surface area (Å²) in [5, 5.41) is 3.33. The van der Waals surface area contributed by atoms with Crippen molar-refractivity contribution in [1.29, 1.82) is 0 Å². The third-order valence-corrected chi connectivity index (χ3v) is 3.57. The Morgan fingerprint density at radius 2 is 2.05 bits per heavy atom. The van der Waals surface area contributed by atoms with Gasteiger partial charge in [0, 0.05) is 37.1 Å². The van der Waals surface area contributed by atoms with Crippen LogP contribution < -0.4 is 5.32 Å². The predicted octanol–water partition coefficient (Wildman–Crippen LogP) is 3.37. The molecule has 1 aromatic heterocycles. The van der Waals surface area contributed by atoms with Crippen LogP contribution in [0.1, 0.15) is 26.3 Å². The molecule has 0 amide bonds. The highest BCUT2D eigenvalue weighted by Crippen LogP contribution is 2.21. The molecular weight excluding hydrogens is 272 g/mol. The van der Waals surface area contributed by atoms with E-state index in [4.69, 9.17) is 0 Å². The van der Waals surface area contributed by atoms with Crippen LogP contribution in [-0.4, -0.2) is 15.6 Å². The summed E-state index contributed by atoms with van der Waals surface area (Å²) in [5.74, 6) is -1.59. The van der Waals surface area contributed by atoms with Crippen LogP contribution in [0.3, 0.4) is 0 Å². The Bertz CT molecular complexity index is 574. The van der Waals surface area contributed by atoms with E-state index < -0.39 is 11.6 Å². The first kappa shape index (κ1) is 15.6. The van der Waals surface area contributed by atoms with Crippen molar-refractivity contribution in [2.24, 2.45) is 5.41 Å². The molecule has 0 fully saturated rings. The van der Waals surface area contributed by atoms with Gasteiger partial charge in [-0.1, -0.05) is 32.9 Å². The second kappa shape index (κ2) is 6.35. The van der Waals surface area contributed by atoms with E-state index in [-0.39, 0.29) is 11.5 Å².